The summed E-state index contributed by atoms with van der Waals surface area (Å²) in [6.07, 6.45) is 2.53. The van der Waals surface area contributed by atoms with Crippen LogP contribution in [-0.2, 0) is 10.0 Å². The van der Waals surface area contributed by atoms with Gasteiger partial charge in [-0.2, -0.15) is 0 Å². The van der Waals surface area contributed by atoms with Gasteiger partial charge in [-0.05, 0) is 48.4 Å². The Labute approximate surface area is 193 Å². The van der Waals surface area contributed by atoms with Crippen LogP contribution in [0.3, 0.4) is 0 Å². The normalized spacial score (nSPS) is 15.0. The van der Waals surface area contributed by atoms with E-state index in [1.165, 1.54) is 4.90 Å². The number of anilines is 2. The number of sulfonamides is 1. The highest BCUT2D eigenvalue weighted by atomic mass is 32.2. The maximum absolute atomic E-state index is 13.2. The molecule has 1 aliphatic rings. The highest BCUT2D eigenvalue weighted by Gasteiger charge is 2.31. The second-order valence-corrected chi connectivity index (χ2v) is 11.0. The maximum atomic E-state index is 13.2. The molecule has 0 saturated carbocycles. The van der Waals surface area contributed by atoms with Crippen LogP contribution < -0.4 is 14.9 Å². The second kappa shape index (κ2) is 7.93. The number of hydrogen-bond acceptors (Lipinski definition) is 7. The van der Waals surface area contributed by atoms with Crippen molar-refractivity contribution >= 4 is 59.6 Å². The van der Waals surface area contributed by atoms with Crippen molar-refractivity contribution in [2.24, 2.45) is 5.14 Å². The summed E-state index contributed by atoms with van der Waals surface area (Å²) in [5.74, 6) is 0. The minimum atomic E-state index is -3.88. The SMILES string of the molecule is Cc1nc(N2CCCN(c3ccc(-c4nccc5ccsc45)cc3)C2=O)sc1S(N)(=O)=O. The second-order valence-electron chi connectivity index (χ2n) is 7.40. The summed E-state index contributed by atoms with van der Waals surface area (Å²) in [5, 5.41) is 8.81. The summed E-state index contributed by atoms with van der Waals surface area (Å²) in [6.45, 7) is 2.61. The Morgan fingerprint density at radius 2 is 1.81 bits per heavy atom. The average molecular weight is 486 g/mol. The number of rotatable bonds is 4. The van der Waals surface area contributed by atoms with E-state index in [9.17, 15) is 13.2 Å². The number of amides is 2. The lowest BCUT2D eigenvalue weighted by Crippen LogP contribution is -2.49. The zero-order chi connectivity index (χ0) is 22.5. The Kier molecular flexibility index (Phi) is 5.20. The van der Waals surface area contributed by atoms with E-state index in [0.29, 0.717) is 23.9 Å². The fourth-order valence-corrected chi connectivity index (χ4v) is 6.66. The van der Waals surface area contributed by atoms with E-state index in [1.54, 1.807) is 29.4 Å². The molecule has 4 aromatic rings. The average Bonchev–Trinajstić information content (AvgIpc) is 3.40. The van der Waals surface area contributed by atoms with Crippen LogP contribution >= 0.6 is 22.7 Å². The van der Waals surface area contributed by atoms with E-state index in [2.05, 4.69) is 16.0 Å². The van der Waals surface area contributed by atoms with Crippen molar-refractivity contribution in [3.05, 3.63) is 53.7 Å². The first-order valence-corrected chi connectivity index (χ1v) is 13.1. The van der Waals surface area contributed by atoms with E-state index < -0.39 is 10.0 Å². The molecule has 1 aliphatic heterocycles. The molecule has 1 aromatic carbocycles. The first-order chi connectivity index (χ1) is 15.3. The molecule has 0 spiro atoms. The van der Waals surface area contributed by atoms with Gasteiger partial charge in [-0.15, -0.1) is 11.3 Å². The summed E-state index contributed by atoms with van der Waals surface area (Å²) < 4.78 is 24.6. The molecule has 0 aliphatic carbocycles. The summed E-state index contributed by atoms with van der Waals surface area (Å²) in [5.41, 5.74) is 2.97. The number of fused-ring (bicyclic) bond motifs is 1. The fourth-order valence-electron chi connectivity index (χ4n) is 3.79. The molecule has 4 heterocycles. The summed E-state index contributed by atoms with van der Waals surface area (Å²) in [6, 6.07) is 11.6. The first kappa shape index (κ1) is 21.0. The summed E-state index contributed by atoms with van der Waals surface area (Å²) >= 11 is 2.58. The molecule has 0 unspecified atom stereocenters. The summed E-state index contributed by atoms with van der Waals surface area (Å²) in [4.78, 5) is 25.2. The molecule has 0 radical (unpaired) electrons. The third-order valence-corrected chi connectivity index (χ3v) is 8.95. The van der Waals surface area contributed by atoms with Gasteiger partial charge in [-0.3, -0.25) is 14.8 Å². The van der Waals surface area contributed by atoms with Gasteiger partial charge in [0.25, 0.3) is 0 Å². The number of carbonyl (C=O) groups excluding carboxylic acids is 1. The molecule has 5 rings (SSSR count). The largest absolute Gasteiger partial charge is 0.330 e. The standard InChI is InChI=1S/C21H19N5O3S3/c1-13-19(32(22,28)29)31-20(24-13)26-11-2-10-25(21(26)27)16-5-3-14(4-6-16)17-18-15(7-9-23-17)8-12-30-18/h3-9,12H,2,10-11H2,1H3,(H2,22,28,29). The van der Waals surface area contributed by atoms with Crippen LogP contribution in [0.1, 0.15) is 12.1 Å². The molecular weight excluding hydrogens is 466 g/mol. The zero-order valence-corrected chi connectivity index (χ0v) is 19.5. The van der Waals surface area contributed by atoms with Crippen molar-refractivity contribution in [3.8, 4) is 11.3 Å². The minimum absolute atomic E-state index is 0.0166. The highest BCUT2D eigenvalue weighted by molar-refractivity contribution is 7.91. The van der Waals surface area contributed by atoms with Crippen molar-refractivity contribution in [1.29, 1.82) is 0 Å². The van der Waals surface area contributed by atoms with Gasteiger partial charge in [0.15, 0.2) is 9.34 Å². The number of hydrogen-bond donors (Lipinski definition) is 1. The Morgan fingerprint density at radius 1 is 1.06 bits per heavy atom. The number of aromatic nitrogens is 2. The van der Waals surface area contributed by atoms with Crippen molar-refractivity contribution in [2.75, 3.05) is 22.9 Å². The molecule has 0 bridgehead atoms. The fraction of sp³-hybridized carbons (Fsp3) is 0.190. The third kappa shape index (κ3) is 3.66. The number of urea groups is 1. The molecule has 32 heavy (non-hydrogen) atoms. The minimum Gasteiger partial charge on any atom is -0.294 e. The van der Waals surface area contributed by atoms with E-state index >= 15 is 0 Å². The molecule has 1 saturated heterocycles. The topological polar surface area (TPSA) is 109 Å². The van der Waals surface area contributed by atoms with E-state index in [-0.39, 0.29) is 10.2 Å². The number of primary sulfonamides is 1. The van der Waals surface area contributed by atoms with Crippen molar-refractivity contribution in [1.82, 2.24) is 9.97 Å². The molecule has 2 amide bonds. The van der Waals surface area contributed by atoms with Gasteiger partial charge in [0.1, 0.15) is 0 Å². The van der Waals surface area contributed by atoms with Crippen LogP contribution in [-0.4, -0.2) is 37.5 Å². The van der Waals surface area contributed by atoms with Crippen LogP contribution in [0.25, 0.3) is 21.3 Å². The third-order valence-electron chi connectivity index (χ3n) is 5.28. The van der Waals surface area contributed by atoms with Crippen LogP contribution in [0, 0.1) is 6.92 Å². The Hall–Kier alpha value is -2.86. The number of thiazole rings is 1. The number of pyridine rings is 1. The van der Waals surface area contributed by atoms with Crippen molar-refractivity contribution < 1.29 is 13.2 Å². The van der Waals surface area contributed by atoms with E-state index in [1.807, 2.05) is 35.7 Å². The zero-order valence-electron chi connectivity index (χ0n) is 17.1. The molecule has 164 valence electrons. The number of nitrogens with two attached hydrogens (primary N) is 1. The lowest BCUT2D eigenvalue weighted by molar-refractivity contribution is 0.248. The smallest absolute Gasteiger partial charge is 0.294 e. The van der Waals surface area contributed by atoms with Crippen LogP contribution in [0.5, 0.6) is 0 Å². The predicted octanol–water partition coefficient (Wildman–Crippen LogP) is 4.21. The molecule has 8 nitrogen and oxygen atoms in total. The molecule has 11 heteroatoms. The van der Waals surface area contributed by atoms with Crippen molar-refractivity contribution in [2.45, 2.75) is 17.6 Å². The molecule has 3 aromatic heterocycles. The van der Waals surface area contributed by atoms with Crippen molar-refractivity contribution in [3.63, 3.8) is 0 Å². The summed E-state index contributed by atoms with van der Waals surface area (Å²) in [7, 11) is -3.88. The van der Waals surface area contributed by atoms with Crippen LogP contribution in [0.2, 0.25) is 0 Å². The number of carbonyl (C=O) groups is 1. The van der Waals surface area contributed by atoms with Gasteiger partial charge in [0.2, 0.25) is 10.0 Å². The molecule has 2 N–H and O–H groups in total. The Morgan fingerprint density at radius 3 is 2.53 bits per heavy atom. The van der Waals surface area contributed by atoms with Gasteiger partial charge >= 0.3 is 6.03 Å². The van der Waals surface area contributed by atoms with Gasteiger partial charge in [0, 0.05) is 30.5 Å². The molecule has 1 fully saturated rings. The number of thiophene rings is 1. The molecule has 0 atom stereocenters. The lowest BCUT2D eigenvalue weighted by Gasteiger charge is -2.34. The van der Waals surface area contributed by atoms with Gasteiger partial charge in [0.05, 0.1) is 16.1 Å². The lowest BCUT2D eigenvalue weighted by atomic mass is 10.1. The maximum Gasteiger partial charge on any atom is 0.330 e. The van der Waals surface area contributed by atoms with E-state index in [0.717, 1.165) is 44.8 Å². The van der Waals surface area contributed by atoms with Gasteiger partial charge in [-0.1, -0.05) is 23.5 Å². The Balaban J connectivity index is 1.43. The highest BCUT2D eigenvalue weighted by Crippen LogP contribution is 2.34. The number of nitrogens with zero attached hydrogens (tertiary/aromatic N) is 4. The van der Waals surface area contributed by atoms with Gasteiger partial charge < -0.3 is 0 Å². The predicted molar refractivity (Wildman–Crippen MR) is 128 cm³/mol. The monoisotopic (exact) mass is 485 g/mol. The van der Waals surface area contributed by atoms with Gasteiger partial charge in [-0.25, -0.2) is 23.3 Å². The first-order valence-electron chi connectivity index (χ1n) is 9.85. The van der Waals surface area contributed by atoms with Crippen LogP contribution in [0.4, 0.5) is 15.6 Å². The molecular formula is C21H19N5O3S3. The Bertz CT molecular complexity index is 1430. The van der Waals surface area contributed by atoms with Crippen LogP contribution in [0.15, 0.2) is 52.2 Å². The number of benzene rings is 1. The van der Waals surface area contributed by atoms with E-state index in [4.69, 9.17) is 5.14 Å². The quantitative estimate of drug-likeness (QED) is 0.466. The number of aryl methyl sites for hydroxylation is 1.